The Hall–Kier alpha value is -2.50. The van der Waals surface area contributed by atoms with Gasteiger partial charge < -0.3 is 9.84 Å². The molecule has 1 aromatic heterocycles. The number of methoxy groups -OCH3 is 1. The molecule has 0 aliphatic carbocycles. The third-order valence-corrected chi connectivity index (χ3v) is 1.75. The summed E-state index contributed by atoms with van der Waals surface area (Å²) in [6.45, 7) is 0. The number of aldehydes is 1. The topological polar surface area (TPSA) is 85.2 Å². The number of aromatic nitrogens is 3. The van der Waals surface area contributed by atoms with Gasteiger partial charge in [-0.05, 0) is 29.5 Å². The molecule has 1 N–H and O–H groups in total. The molecule has 0 saturated carbocycles. The van der Waals surface area contributed by atoms with E-state index in [4.69, 9.17) is 9.84 Å². The maximum atomic E-state index is 10.2. The second-order valence-corrected chi connectivity index (χ2v) is 2.86. The molecule has 0 bridgehead atoms. The molecule has 0 spiro atoms. The van der Waals surface area contributed by atoms with Gasteiger partial charge in [-0.1, -0.05) is 0 Å². The van der Waals surface area contributed by atoms with Crippen molar-refractivity contribution in [2.75, 3.05) is 7.11 Å². The molecule has 17 heavy (non-hydrogen) atoms. The van der Waals surface area contributed by atoms with Gasteiger partial charge in [0.15, 0.2) is 11.5 Å². The molecule has 0 fully saturated rings. The van der Waals surface area contributed by atoms with Crippen LogP contribution < -0.4 is 4.74 Å². The third kappa shape index (κ3) is 4.25. The first-order valence-electron chi connectivity index (χ1n) is 4.68. The number of hydrogen-bond acceptors (Lipinski definition) is 6. The number of benzene rings is 1. The van der Waals surface area contributed by atoms with Gasteiger partial charge in [-0.15, -0.1) is 10.2 Å². The Labute approximate surface area is 97.9 Å². The van der Waals surface area contributed by atoms with Crippen LogP contribution in [0.1, 0.15) is 10.4 Å². The smallest absolute Gasteiger partial charge is 0.161 e. The van der Waals surface area contributed by atoms with Crippen molar-refractivity contribution in [2.45, 2.75) is 0 Å². The van der Waals surface area contributed by atoms with Gasteiger partial charge in [0, 0.05) is 5.56 Å². The Bertz CT molecular complexity index is 436. The molecule has 0 aliphatic heterocycles. The number of aromatic hydroxyl groups is 1. The van der Waals surface area contributed by atoms with Crippen LogP contribution in [-0.2, 0) is 0 Å². The van der Waals surface area contributed by atoms with Crippen molar-refractivity contribution in [3.63, 3.8) is 0 Å². The first-order valence-corrected chi connectivity index (χ1v) is 4.68. The lowest BCUT2D eigenvalue weighted by molar-refractivity contribution is 0.112. The summed E-state index contributed by atoms with van der Waals surface area (Å²) in [7, 11) is 1.43. The summed E-state index contributed by atoms with van der Waals surface area (Å²) in [5.74, 6) is 0.354. The van der Waals surface area contributed by atoms with Crippen LogP contribution in [0.25, 0.3) is 0 Å². The van der Waals surface area contributed by atoms with Crippen molar-refractivity contribution < 1.29 is 14.6 Å². The molecule has 0 amide bonds. The van der Waals surface area contributed by atoms with Gasteiger partial charge in [-0.2, -0.15) is 0 Å². The number of phenols is 1. The van der Waals surface area contributed by atoms with E-state index in [0.717, 1.165) is 0 Å². The highest BCUT2D eigenvalue weighted by Crippen LogP contribution is 2.25. The summed E-state index contributed by atoms with van der Waals surface area (Å²) in [4.78, 5) is 10.2. The number of hydrogen-bond donors (Lipinski definition) is 1. The summed E-state index contributed by atoms with van der Waals surface area (Å²) < 4.78 is 4.78. The second-order valence-electron chi connectivity index (χ2n) is 2.86. The Kier molecular flexibility index (Phi) is 5.09. The minimum Gasteiger partial charge on any atom is -0.504 e. The van der Waals surface area contributed by atoms with Gasteiger partial charge >= 0.3 is 0 Å². The molecule has 88 valence electrons. The fraction of sp³-hybridized carbons (Fsp3) is 0.0909. The maximum absolute atomic E-state index is 10.2. The first-order chi connectivity index (χ1) is 8.27. The number of carbonyl (C=O) groups is 1. The van der Waals surface area contributed by atoms with Crippen LogP contribution in [0.5, 0.6) is 11.5 Å². The van der Waals surface area contributed by atoms with E-state index in [2.05, 4.69) is 15.4 Å². The summed E-state index contributed by atoms with van der Waals surface area (Å²) in [5.41, 5.74) is 0.486. The van der Waals surface area contributed by atoms with Gasteiger partial charge in [-0.25, -0.2) is 0 Å². The molecule has 2 aromatic rings. The minimum absolute atomic E-state index is 0.0399. The van der Waals surface area contributed by atoms with Crippen molar-refractivity contribution >= 4 is 6.29 Å². The van der Waals surface area contributed by atoms with Crippen molar-refractivity contribution in [1.29, 1.82) is 0 Å². The van der Waals surface area contributed by atoms with Crippen LogP contribution in [0.4, 0.5) is 0 Å². The zero-order chi connectivity index (χ0) is 12.5. The second kappa shape index (κ2) is 6.89. The lowest BCUT2D eigenvalue weighted by Gasteiger charge is -2.01. The fourth-order valence-electron chi connectivity index (χ4n) is 0.972. The van der Waals surface area contributed by atoms with Crippen LogP contribution in [0.2, 0.25) is 0 Å². The average Bonchev–Trinajstić information content (AvgIpc) is 2.42. The monoisotopic (exact) mass is 233 g/mol. The van der Waals surface area contributed by atoms with E-state index < -0.39 is 0 Å². The number of rotatable bonds is 2. The predicted octanol–water partition coefficient (Wildman–Crippen LogP) is 1.08. The van der Waals surface area contributed by atoms with Gasteiger partial charge in [-0.3, -0.25) is 4.79 Å². The molecule has 0 unspecified atom stereocenters. The van der Waals surface area contributed by atoms with Crippen LogP contribution >= 0.6 is 0 Å². The van der Waals surface area contributed by atoms with E-state index in [1.165, 1.54) is 25.3 Å². The Morgan fingerprint density at radius 3 is 2.41 bits per heavy atom. The van der Waals surface area contributed by atoms with E-state index in [1.54, 1.807) is 18.5 Å². The van der Waals surface area contributed by atoms with Crippen molar-refractivity contribution in [3.8, 4) is 11.5 Å². The molecular formula is C11H11N3O3. The van der Waals surface area contributed by atoms with Crippen molar-refractivity contribution in [2.24, 2.45) is 0 Å². The molecule has 2 rings (SSSR count). The van der Waals surface area contributed by atoms with Crippen LogP contribution in [0, 0.1) is 0 Å². The van der Waals surface area contributed by atoms with Gasteiger partial charge in [0.1, 0.15) is 6.29 Å². The molecule has 0 aliphatic rings. The van der Waals surface area contributed by atoms with E-state index in [0.29, 0.717) is 17.6 Å². The highest BCUT2D eigenvalue weighted by atomic mass is 16.5. The molecule has 6 heteroatoms. The summed E-state index contributed by atoms with van der Waals surface area (Å²) in [6, 6.07) is 6.13. The number of carbonyl (C=O) groups excluding carboxylic acids is 1. The zero-order valence-electron chi connectivity index (χ0n) is 9.15. The molecule has 0 radical (unpaired) electrons. The van der Waals surface area contributed by atoms with Crippen LogP contribution in [0.15, 0.2) is 36.7 Å². The lowest BCUT2D eigenvalue weighted by Crippen LogP contribution is -1.85. The number of phenolic OH excluding ortho intramolecular Hbond substituents is 1. The molecule has 0 atom stereocenters. The summed E-state index contributed by atoms with van der Waals surface area (Å²) in [6.07, 6.45) is 3.85. The standard InChI is InChI=1S/C8H8O3.C3H3N3/c1-11-8-4-6(5-9)2-3-7(8)10;1-2-4-6-5-3-1/h2-5,10H,1H3;1-3H. The summed E-state index contributed by atoms with van der Waals surface area (Å²) >= 11 is 0. The largest absolute Gasteiger partial charge is 0.504 e. The normalized spacial score (nSPS) is 8.76. The van der Waals surface area contributed by atoms with E-state index >= 15 is 0 Å². The van der Waals surface area contributed by atoms with E-state index in [-0.39, 0.29) is 5.75 Å². The Morgan fingerprint density at radius 1 is 1.29 bits per heavy atom. The first kappa shape index (κ1) is 12.6. The van der Waals surface area contributed by atoms with Crippen molar-refractivity contribution in [1.82, 2.24) is 15.4 Å². The summed E-state index contributed by atoms with van der Waals surface area (Å²) in [5, 5.41) is 19.2. The maximum Gasteiger partial charge on any atom is 0.161 e. The van der Waals surface area contributed by atoms with Gasteiger partial charge in [0.2, 0.25) is 0 Å². The third-order valence-electron chi connectivity index (χ3n) is 1.75. The molecule has 1 aromatic carbocycles. The highest BCUT2D eigenvalue weighted by molar-refractivity contribution is 5.76. The lowest BCUT2D eigenvalue weighted by atomic mass is 10.2. The van der Waals surface area contributed by atoms with E-state index in [9.17, 15) is 4.79 Å². The fourth-order valence-corrected chi connectivity index (χ4v) is 0.972. The van der Waals surface area contributed by atoms with Gasteiger partial charge in [0.05, 0.1) is 19.5 Å². The van der Waals surface area contributed by atoms with Crippen molar-refractivity contribution in [3.05, 3.63) is 42.2 Å². The van der Waals surface area contributed by atoms with Crippen LogP contribution in [0.3, 0.4) is 0 Å². The number of ether oxygens (including phenoxy) is 1. The quantitative estimate of drug-likeness (QED) is 0.781. The SMILES string of the molecule is COc1cc(C=O)ccc1O.c1cnnnc1. The molecule has 1 heterocycles. The zero-order valence-corrected chi connectivity index (χ0v) is 9.15. The Morgan fingerprint density at radius 2 is 2.00 bits per heavy atom. The predicted molar refractivity (Wildman–Crippen MR) is 59.9 cm³/mol. The van der Waals surface area contributed by atoms with E-state index in [1.807, 2.05) is 0 Å². The molecule has 0 saturated heterocycles. The van der Waals surface area contributed by atoms with Gasteiger partial charge in [0.25, 0.3) is 0 Å². The molecule has 6 nitrogen and oxygen atoms in total. The van der Waals surface area contributed by atoms with Crippen LogP contribution in [-0.4, -0.2) is 33.9 Å². The minimum atomic E-state index is 0.0399. The molecular weight excluding hydrogens is 222 g/mol. The number of nitrogens with zero attached hydrogens (tertiary/aromatic N) is 3. The highest BCUT2D eigenvalue weighted by Gasteiger charge is 2.00. The average molecular weight is 233 g/mol. The Balaban J connectivity index is 0.000000202.